The van der Waals surface area contributed by atoms with Crippen LogP contribution < -0.4 is 0 Å². The van der Waals surface area contributed by atoms with Gasteiger partial charge in [0.05, 0.1) is 5.60 Å². The second kappa shape index (κ2) is 3.61. The van der Waals surface area contributed by atoms with Gasteiger partial charge in [0.1, 0.15) is 0 Å². The summed E-state index contributed by atoms with van der Waals surface area (Å²) in [5.41, 5.74) is -0.643. The third-order valence-electron chi connectivity index (χ3n) is 3.76. The molecule has 1 heteroatoms. The van der Waals surface area contributed by atoms with Crippen molar-refractivity contribution >= 4 is 0 Å². The smallest absolute Gasteiger partial charge is 0.0743 e. The fraction of sp³-hybridized carbons (Fsp3) is 1.00. The zero-order valence-electron chi connectivity index (χ0n) is 10.4. The lowest BCUT2D eigenvalue weighted by Crippen LogP contribution is -2.53. The molecule has 0 aromatic carbocycles. The maximum absolute atomic E-state index is 10.7. The highest BCUT2D eigenvalue weighted by Gasteiger charge is 2.48. The normalized spacial score (nSPS) is 18.5. The van der Waals surface area contributed by atoms with Crippen molar-refractivity contribution in [3.05, 3.63) is 0 Å². The third-order valence-corrected chi connectivity index (χ3v) is 3.76. The Morgan fingerprint density at radius 1 is 0.846 bits per heavy atom. The van der Waals surface area contributed by atoms with E-state index in [0.717, 1.165) is 12.8 Å². The van der Waals surface area contributed by atoms with E-state index in [2.05, 4.69) is 48.5 Å². The quantitative estimate of drug-likeness (QED) is 0.714. The second-order valence-electron chi connectivity index (χ2n) is 5.70. The summed E-state index contributed by atoms with van der Waals surface area (Å²) >= 11 is 0. The van der Waals surface area contributed by atoms with Gasteiger partial charge in [0.25, 0.3) is 0 Å². The van der Waals surface area contributed by atoms with Crippen molar-refractivity contribution in [2.75, 3.05) is 0 Å². The first kappa shape index (κ1) is 13.0. The van der Waals surface area contributed by atoms with Gasteiger partial charge in [0.15, 0.2) is 0 Å². The molecule has 0 radical (unpaired) electrons. The molecule has 13 heavy (non-hydrogen) atoms. The highest BCUT2D eigenvalue weighted by Crippen LogP contribution is 2.47. The Balaban J connectivity index is 5.06. The summed E-state index contributed by atoms with van der Waals surface area (Å²) in [7, 11) is 0. The molecule has 0 rings (SSSR count). The summed E-state index contributed by atoms with van der Waals surface area (Å²) in [5.74, 6) is 0. The lowest BCUT2D eigenvalue weighted by atomic mass is 9.59. The molecular weight excluding hydrogens is 160 g/mol. The molecule has 1 N–H and O–H groups in total. The Kier molecular flexibility index (Phi) is 3.59. The largest absolute Gasteiger partial charge is 0.389 e. The molecule has 0 fully saturated rings. The van der Waals surface area contributed by atoms with Crippen LogP contribution in [0.1, 0.15) is 61.3 Å². The average Bonchev–Trinajstić information content (AvgIpc) is 2.00. The predicted octanol–water partition coefficient (Wildman–Crippen LogP) is 3.61. The van der Waals surface area contributed by atoms with Gasteiger partial charge in [0, 0.05) is 0 Å². The van der Waals surface area contributed by atoms with Gasteiger partial charge in [-0.3, -0.25) is 0 Å². The van der Waals surface area contributed by atoms with Crippen LogP contribution in [0.4, 0.5) is 0 Å². The van der Waals surface area contributed by atoms with E-state index < -0.39 is 5.60 Å². The van der Waals surface area contributed by atoms with E-state index >= 15 is 0 Å². The van der Waals surface area contributed by atoms with Crippen LogP contribution in [0.25, 0.3) is 0 Å². The highest BCUT2D eigenvalue weighted by molar-refractivity contribution is 4.99. The van der Waals surface area contributed by atoms with Crippen molar-refractivity contribution in [3.63, 3.8) is 0 Å². The number of aliphatic hydroxyl groups is 1. The molecule has 0 aliphatic rings. The maximum Gasteiger partial charge on any atom is 0.0743 e. The van der Waals surface area contributed by atoms with Crippen molar-refractivity contribution in [1.29, 1.82) is 0 Å². The summed E-state index contributed by atoms with van der Waals surface area (Å²) in [4.78, 5) is 0. The number of rotatable bonds is 3. The summed E-state index contributed by atoms with van der Waals surface area (Å²) in [6, 6.07) is 0. The topological polar surface area (TPSA) is 20.2 Å². The van der Waals surface area contributed by atoms with Crippen molar-refractivity contribution in [1.82, 2.24) is 0 Å². The van der Waals surface area contributed by atoms with Crippen LogP contribution >= 0.6 is 0 Å². The van der Waals surface area contributed by atoms with Crippen LogP contribution in [0, 0.1) is 10.8 Å². The first-order chi connectivity index (χ1) is 5.62. The van der Waals surface area contributed by atoms with E-state index in [1.807, 2.05) is 0 Å². The lowest BCUT2D eigenvalue weighted by Gasteiger charge is -2.50. The zero-order valence-corrected chi connectivity index (χ0v) is 10.4. The molecule has 0 aliphatic heterocycles. The van der Waals surface area contributed by atoms with Gasteiger partial charge < -0.3 is 5.11 Å². The maximum atomic E-state index is 10.7. The zero-order chi connectivity index (χ0) is 10.9. The van der Waals surface area contributed by atoms with Crippen LogP contribution in [-0.2, 0) is 0 Å². The van der Waals surface area contributed by atoms with Gasteiger partial charge in [-0.05, 0) is 23.7 Å². The van der Waals surface area contributed by atoms with Gasteiger partial charge in [-0.15, -0.1) is 0 Å². The fourth-order valence-electron chi connectivity index (χ4n) is 2.32. The van der Waals surface area contributed by atoms with Gasteiger partial charge >= 0.3 is 0 Å². The van der Waals surface area contributed by atoms with E-state index in [1.54, 1.807) is 0 Å². The van der Waals surface area contributed by atoms with Gasteiger partial charge in [-0.2, -0.15) is 0 Å². The lowest BCUT2D eigenvalue weighted by molar-refractivity contribution is -0.147. The minimum Gasteiger partial charge on any atom is -0.389 e. The molecule has 80 valence electrons. The molecule has 0 amide bonds. The minimum atomic E-state index is -0.575. The van der Waals surface area contributed by atoms with Gasteiger partial charge in [-0.1, -0.05) is 48.5 Å². The Hall–Kier alpha value is -0.0400. The molecule has 1 atom stereocenters. The Morgan fingerprint density at radius 3 is 1.31 bits per heavy atom. The molecule has 0 aliphatic carbocycles. The fourth-order valence-corrected chi connectivity index (χ4v) is 2.32. The van der Waals surface area contributed by atoms with Crippen LogP contribution in [0.2, 0.25) is 0 Å². The third kappa shape index (κ3) is 2.07. The molecule has 0 heterocycles. The number of hydrogen-bond donors (Lipinski definition) is 1. The molecule has 0 bridgehead atoms. The molecule has 1 nitrogen and oxygen atoms in total. The first-order valence-corrected chi connectivity index (χ1v) is 5.34. The Morgan fingerprint density at radius 2 is 1.23 bits per heavy atom. The first-order valence-electron chi connectivity index (χ1n) is 5.34. The van der Waals surface area contributed by atoms with E-state index in [9.17, 15) is 5.11 Å². The van der Waals surface area contributed by atoms with Crippen LogP contribution in [0.5, 0.6) is 0 Å². The van der Waals surface area contributed by atoms with Crippen LogP contribution in [0.3, 0.4) is 0 Å². The predicted molar refractivity (Wildman–Crippen MR) is 58.8 cm³/mol. The second-order valence-corrected chi connectivity index (χ2v) is 5.70. The molecule has 0 aromatic rings. The van der Waals surface area contributed by atoms with Gasteiger partial charge in [0.2, 0.25) is 0 Å². The molecule has 1 unspecified atom stereocenters. The van der Waals surface area contributed by atoms with E-state index in [-0.39, 0.29) is 10.8 Å². The van der Waals surface area contributed by atoms with Crippen molar-refractivity contribution in [3.8, 4) is 0 Å². The average molecular weight is 186 g/mol. The molecule has 0 aromatic heterocycles. The molecule has 0 saturated carbocycles. The van der Waals surface area contributed by atoms with Crippen molar-refractivity contribution < 1.29 is 5.11 Å². The monoisotopic (exact) mass is 186 g/mol. The summed E-state index contributed by atoms with van der Waals surface area (Å²) in [6.07, 6.45) is 1.83. The van der Waals surface area contributed by atoms with Crippen LogP contribution in [0.15, 0.2) is 0 Å². The standard InChI is InChI=1S/C12H26O/c1-8-11(6,7)12(13,9-2)10(3,4)5/h13H,8-9H2,1-7H3. The summed E-state index contributed by atoms with van der Waals surface area (Å²) in [6.45, 7) is 14.9. The van der Waals surface area contributed by atoms with Crippen molar-refractivity contribution in [2.45, 2.75) is 66.9 Å². The molecular formula is C12H26O. The van der Waals surface area contributed by atoms with Gasteiger partial charge in [-0.25, -0.2) is 0 Å². The van der Waals surface area contributed by atoms with E-state index in [0.29, 0.717) is 0 Å². The summed E-state index contributed by atoms with van der Waals surface area (Å²) in [5, 5.41) is 10.7. The molecule has 0 spiro atoms. The Labute approximate surface area is 83.5 Å². The van der Waals surface area contributed by atoms with E-state index in [4.69, 9.17) is 0 Å². The van der Waals surface area contributed by atoms with E-state index in [1.165, 1.54) is 0 Å². The minimum absolute atomic E-state index is 0.0139. The molecule has 0 saturated heterocycles. The Bertz CT molecular complexity index is 164. The summed E-state index contributed by atoms with van der Waals surface area (Å²) < 4.78 is 0. The van der Waals surface area contributed by atoms with Crippen LogP contribution in [-0.4, -0.2) is 10.7 Å². The SMILES string of the molecule is CCC(C)(C)C(O)(CC)C(C)(C)C. The number of hydrogen-bond acceptors (Lipinski definition) is 1. The highest BCUT2D eigenvalue weighted by atomic mass is 16.3. The van der Waals surface area contributed by atoms with Crippen molar-refractivity contribution in [2.24, 2.45) is 10.8 Å².